The smallest absolute Gasteiger partial charge is 0.247 e. The van der Waals surface area contributed by atoms with Crippen LogP contribution in [0.5, 0.6) is 0 Å². The summed E-state index contributed by atoms with van der Waals surface area (Å²) in [5, 5.41) is 0. The standard InChI is InChI=1S/C18H21BrN2OS/c1-20-12-5-7-15(20)16-6-3-2-4-13-21(16)18(22)11-9-14-8-10-17(19)23-14/h5,7-12,16H,2-4,6,13H2,1H3/b11-9+. The van der Waals surface area contributed by atoms with E-state index in [-0.39, 0.29) is 11.9 Å². The first-order chi connectivity index (χ1) is 11.1. The Hall–Kier alpha value is -1.33. The van der Waals surface area contributed by atoms with E-state index >= 15 is 0 Å². The molecule has 1 fully saturated rings. The van der Waals surface area contributed by atoms with Crippen molar-refractivity contribution in [2.45, 2.75) is 31.7 Å². The lowest BCUT2D eigenvalue weighted by atomic mass is 10.1. The summed E-state index contributed by atoms with van der Waals surface area (Å²) in [4.78, 5) is 15.9. The maximum atomic E-state index is 12.8. The van der Waals surface area contributed by atoms with Crippen molar-refractivity contribution in [2.24, 2.45) is 7.05 Å². The second kappa shape index (κ2) is 7.49. The fourth-order valence-corrected chi connectivity index (χ4v) is 4.49. The van der Waals surface area contributed by atoms with E-state index in [0.29, 0.717) is 0 Å². The lowest BCUT2D eigenvalue weighted by Gasteiger charge is -2.29. The number of halogens is 1. The summed E-state index contributed by atoms with van der Waals surface area (Å²) in [6.45, 7) is 0.840. The van der Waals surface area contributed by atoms with Crippen LogP contribution in [0.3, 0.4) is 0 Å². The second-order valence-electron chi connectivity index (χ2n) is 5.92. The van der Waals surface area contributed by atoms with Crippen molar-refractivity contribution in [3.63, 3.8) is 0 Å². The van der Waals surface area contributed by atoms with Crippen LogP contribution in [-0.2, 0) is 11.8 Å². The maximum Gasteiger partial charge on any atom is 0.247 e. The highest BCUT2D eigenvalue weighted by Crippen LogP contribution is 2.30. The number of hydrogen-bond acceptors (Lipinski definition) is 2. The minimum atomic E-state index is 0.114. The van der Waals surface area contributed by atoms with Gasteiger partial charge in [0.15, 0.2) is 0 Å². The van der Waals surface area contributed by atoms with Gasteiger partial charge in [-0.3, -0.25) is 4.79 Å². The van der Waals surface area contributed by atoms with Crippen LogP contribution in [-0.4, -0.2) is 21.9 Å². The maximum absolute atomic E-state index is 12.8. The Morgan fingerprint density at radius 2 is 2.17 bits per heavy atom. The van der Waals surface area contributed by atoms with Crippen molar-refractivity contribution in [1.29, 1.82) is 0 Å². The molecule has 0 saturated carbocycles. The monoisotopic (exact) mass is 392 g/mol. The van der Waals surface area contributed by atoms with Gasteiger partial charge >= 0.3 is 0 Å². The number of carbonyl (C=O) groups is 1. The fraction of sp³-hybridized carbons (Fsp3) is 0.389. The van der Waals surface area contributed by atoms with Gasteiger partial charge in [0, 0.05) is 36.4 Å². The molecule has 0 N–H and O–H groups in total. The summed E-state index contributed by atoms with van der Waals surface area (Å²) >= 11 is 5.09. The molecule has 1 aliphatic rings. The Bertz CT molecular complexity index is 703. The van der Waals surface area contributed by atoms with Gasteiger partial charge in [0.2, 0.25) is 5.91 Å². The van der Waals surface area contributed by atoms with Crippen LogP contribution >= 0.6 is 27.3 Å². The molecule has 3 rings (SSSR count). The van der Waals surface area contributed by atoms with Crippen LogP contribution in [0.4, 0.5) is 0 Å². The highest BCUT2D eigenvalue weighted by molar-refractivity contribution is 9.11. The molecule has 23 heavy (non-hydrogen) atoms. The predicted molar refractivity (Wildman–Crippen MR) is 99.4 cm³/mol. The molecule has 5 heteroatoms. The Balaban J connectivity index is 1.80. The van der Waals surface area contributed by atoms with Crippen LogP contribution in [0.1, 0.15) is 42.3 Å². The van der Waals surface area contributed by atoms with E-state index in [9.17, 15) is 4.79 Å². The predicted octanol–water partition coefficient (Wildman–Crippen LogP) is 5.01. The Morgan fingerprint density at radius 1 is 1.30 bits per heavy atom. The number of thiophene rings is 1. The van der Waals surface area contributed by atoms with Crippen molar-refractivity contribution >= 4 is 39.2 Å². The number of amides is 1. The van der Waals surface area contributed by atoms with Gasteiger partial charge in [-0.05, 0) is 59.1 Å². The van der Waals surface area contributed by atoms with E-state index in [1.807, 2.05) is 23.1 Å². The number of aromatic nitrogens is 1. The quantitative estimate of drug-likeness (QED) is 0.674. The first-order valence-corrected chi connectivity index (χ1v) is 9.61. The summed E-state index contributed by atoms with van der Waals surface area (Å²) in [6.07, 6.45) is 10.2. The van der Waals surface area contributed by atoms with E-state index in [4.69, 9.17) is 0 Å². The molecule has 0 radical (unpaired) electrons. The van der Waals surface area contributed by atoms with E-state index < -0.39 is 0 Å². The van der Waals surface area contributed by atoms with Crippen LogP contribution in [0, 0.1) is 0 Å². The topological polar surface area (TPSA) is 25.2 Å². The third-order valence-corrected chi connectivity index (χ3v) is 5.93. The van der Waals surface area contributed by atoms with Crippen LogP contribution in [0.2, 0.25) is 0 Å². The van der Waals surface area contributed by atoms with Gasteiger partial charge in [0.25, 0.3) is 0 Å². The molecule has 1 saturated heterocycles. The molecule has 3 nitrogen and oxygen atoms in total. The van der Waals surface area contributed by atoms with Crippen molar-refractivity contribution in [3.05, 3.63) is 50.9 Å². The van der Waals surface area contributed by atoms with Gasteiger partial charge in [-0.1, -0.05) is 12.8 Å². The van der Waals surface area contributed by atoms with Crippen LogP contribution in [0.15, 0.2) is 40.3 Å². The molecule has 2 aromatic rings. The van der Waals surface area contributed by atoms with E-state index in [2.05, 4.69) is 45.9 Å². The summed E-state index contributed by atoms with van der Waals surface area (Å²) in [7, 11) is 2.06. The van der Waals surface area contributed by atoms with Crippen molar-refractivity contribution in [2.75, 3.05) is 6.54 Å². The summed E-state index contributed by atoms with van der Waals surface area (Å²) in [6, 6.07) is 8.41. The number of likely N-dealkylation sites (tertiary alicyclic amines) is 1. The molecule has 1 aliphatic heterocycles. The largest absolute Gasteiger partial charge is 0.353 e. The van der Waals surface area contributed by atoms with Crippen molar-refractivity contribution in [3.8, 4) is 0 Å². The molecule has 3 heterocycles. The van der Waals surface area contributed by atoms with Crippen LogP contribution in [0.25, 0.3) is 6.08 Å². The highest BCUT2D eigenvalue weighted by Gasteiger charge is 2.26. The number of hydrogen-bond donors (Lipinski definition) is 0. The molecule has 0 aliphatic carbocycles. The van der Waals surface area contributed by atoms with E-state index in [1.165, 1.54) is 18.5 Å². The van der Waals surface area contributed by atoms with Gasteiger partial charge in [-0.2, -0.15) is 0 Å². The van der Waals surface area contributed by atoms with E-state index in [0.717, 1.165) is 28.0 Å². The van der Waals surface area contributed by atoms with Gasteiger partial charge in [-0.25, -0.2) is 0 Å². The lowest BCUT2D eigenvalue weighted by molar-refractivity contribution is -0.128. The zero-order valence-corrected chi connectivity index (χ0v) is 15.6. The summed E-state index contributed by atoms with van der Waals surface area (Å²) < 4.78 is 3.22. The molecular weight excluding hydrogens is 372 g/mol. The first kappa shape index (κ1) is 16.5. The average molecular weight is 393 g/mol. The summed E-state index contributed by atoms with van der Waals surface area (Å²) in [5.74, 6) is 0.114. The normalized spacial score (nSPS) is 19.2. The Kier molecular flexibility index (Phi) is 5.38. The Morgan fingerprint density at radius 3 is 2.87 bits per heavy atom. The minimum absolute atomic E-state index is 0.114. The first-order valence-electron chi connectivity index (χ1n) is 8.00. The average Bonchev–Trinajstić information content (AvgIpc) is 3.06. The number of nitrogens with zero attached hydrogens (tertiary/aromatic N) is 2. The SMILES string of the molecule is Cn1cccc1C1CCCCCN1C(=O)/C=C/c1ccc(Br)s1. The molecule has 0 bridgehead atoms. The third kappa shape index (κ3) is 3.96. The van der Waals surface area contributed by atoms with Gasteiger partial charge in [-0.15, -0.1) is 11.3 Å². The van der Waals surface area contributed by atoms with Gasteiger partial charge < -0.3 is 9.47 Å². The molecule has 2 aromatic heterocycles. The zero-order valence-electron chi connectivity index (χ0n) is 13.2. The molecule has 1 amide bonds. The fourth-order valence-electron chi connectivity index (χ4n) is 3.17. The third-order valence-electron chi connectivity index (χ3n) is 4.35. The van der Waals surface area contributed by atoms with Crippen molar-refractivity contribution < 1.29 is 4.79 Å². The summed E-state index contributed by atoms with van der Waals surface area (Å²) in [5.41, 5.74) is 1.23. The molecule has 0 spiro atoms. The molecule has 1 unspecified atom stereocenters. The Labute approximate surface area is 149 Å². The van der Waals surface area contributed by atoms with Gasteiger partial charge in [0.1, 0.15) is 0 Å². The number of aryl methyl sites for hydroxylation is 1. The lowest BCUT2D eigenvalue weighted by Crippen LogP contribution is -2.34. The van der Waals surface area contributed by atoms with E-state index in [1.54, 1.807) is 17.4 Å². The number of carbonyl (C=O) groups excluding carboxylic acids is 1. The number of rotatable bonds is 3. The molecular formula is C18H21BrN2OS. The second-order valence-corrected chi connectivity index (χ2v) is 8.41. The molecule has 1 atom stereocenters. The zero-order chi connectivity index (χ0) is 16.2. The molecule has 0 aromatic carbocycles. The van der Waals surface area contributed by atoms with Gasteiger partial charge in [0.05, 0.1) is 9.83 Å². The van der Waals surface area contributed by atoms with Crippen molar-refractivity contribution in [1.82, 2.24) is 9.47 Å². The van der Waals surface area contributed by atoms with Crippen LogP contribution < -0.4 is 0 Å². The highest BCUT2D eigenvalue weighted by atomic mass is 79.9. The molecule has 122 valence electrons. The minimum Gasteiger partial charge on any atom is -0.353 e.